The van der Waals surface area contributed by atoms with Crippen LogP contribution in [0.15, 0.2) is 22.7 Å². The van der Waals surface area contributed by atoms with E-state index >= 15 is 0 Å². The van der Waals surface area contributed by atoms with E-state index in [-0.39, 0.29) is 30.6 Å². The highest BCUT2D eigenvalue weighted by Gasteiger charge is 2.33. The standard InChI is InChI=1S/C23H33N5O5/c1-13-10-28(14(2)12-29)22(30)18-9-17(7-8-19(18)32-20(13)11-27(5)6)24-23(31)25-21-15(3)26-33-16(21)4/h7-9,13-14,20,29H,10-12H2,1-6H3,(H2,24,25,31)/t13-,14+,20-/m0/s1. The SMILES string of the molecule is Cc1noc(C)c1NC(=O)Nc1ccc2c(c1)C(=O)N([C@H](C)CO)C[C@H](C)[C@H](CN(C)C)O2. The molecule has 0 bridgehead atoms. The number of likely N-dealkylation sites (N-methyl/N-ethyl adjacent to an activating group) is 1. The summed E-state index contributed by atoms with van der Waals surface area (Å²) in [4.78, 5) is 29.7. The molecule has 1 aromatic carbocycles. The summed E-state index contributed by atoms with van der Waals surface area (Å²) in [7, 11) is 3.94. The molecule has 0 radical (unpaired) electrons. The number of amides is 3. The van der Waals surface area contributed by atoms with Crippen molar-refractivity contribution >= 4 is 23.3 Å². The number of hydrogen-bond acceptors (Lipinski definition) is 7. The summed E-state index contributed by atoms with van der Waals surface area (Å²) in [6.07, 6.45) is -0.151. The van der Waals surface area contributed by atoms with Crippen molar-refractivity contribution in [1.29, 1.82) is 0 Å². The second kappa shape index (κ2) is 10.2. The van der Waals surface area contributed by atoms with Crippen molar-refractivity contribution in [2.75, 3.05) is 44.4 Å². The Balaban J connectivity index is 1.90. The summed E-state index contributed by atoms with van der Waals surface area (Å²) in [5, 5.41) is 19.0. The number of benzene rings is 1. The minimum Gasteiger partial charge on any atom is -0.488 e. The molecule has 3 N–H and O–H groups in total. The van der Waals surface area contributed by atoms with E-state index in [1.54, 1.807) is 36.9 Å². The van der Waals surface area contributed by atoms with Crippen LogP contribution in [-0.2, 0) is 0 Å². The van der Waals surface area contributed by atoms with E-state index in [9.17, 15) is 14.7 Å². The van der Waals surface area contributed by atoms with Crippen LogP contribution in [0.25, 0.3) is 0 Å². The van der Waals surface area contributed by atoms with E-state index in [1.165, 1.54) is 0 Å². The van der Waals surface area contributed by atoms with Crippen LogP contribution in [0.4, 0.5) is 16.2 Å². The lowest BCUT2D eigenvalue weighted by atomic mass is 9.99. The summed E-state index contributed by atoms with van der Waals surface area (Å²) in [6.45, 7) is 8.27. The van der Waals surface area contributed by atoms with Crippen LogP contribution in [0, 0.1) is 19.8 Å². The maximum Gasteiger partial charge on any atom is 0.323 e. The van der Waals surface area contributed by atoms with Crippen molar-refractivity contribution in [3.63, 3.8) is 0 Å². The zero-order valence-corrected chi connectivity index (χ0v) is 20.0. The van der Waals surface area contributed by atoms with E-state index < -0.39 is 6.03 Å². The second-order valence-electron chi connectivity index (χ2n) is 8.87. The van der Waals surface area contributed by atoms with Crippen molar-refractivity contribution in [2.45, 2.75) is 39.8 Å². The van der Waals surface area contributed by atoms with Gasteiger partial charge >= 0.3 is 6.03 Å². The first-order valence-electron chi connectivity index (χ1n) is 11.0. The molecule has 0 unspecified atom stereocenters. The minimum atomic E-state index is -0.483. The third-order valence-corrected chi connectivity index (χ3v) is 5.74. The van der Waals surface area contributed by atoms with Crippen molar-refractivity contribution in [3.8, 4) is 5.75 Å². The van der Waals surface area contributed by atoms with Gasteiger partial charge in [0.05, 0.1) is 18.2 Å². The molecular weight excluding hydrogens is 426 g/mol. The number of aryl methyl sites for hydroxylation is 2. The molecule has 1 aliphatic heterocycles. The Kier molecular flexibility index (Phi) is 7.60. The number of hydrogen-bond donors (Lipinski definition) is 3. The first-order valence-corrected chi connectivity index (χ1v) is 11.0. The number of aliphatic hydroxyl groups is 1. The quantitative estimate of drug-likeness (QED) is 0.607. The van der Waals surface area contributed by atoms with Crippen LogP contribution >= 0.6 is 0 Å². The number of aromatic nitrogens is 1. The number of nitrogens with one attached hydrogen (secondary N) is 2. The molecule has 180 valence electrons. The van der Waals surface area contributed by atoms with E-state index in [2.05, 4.69) is 15.8 Å². The van der Waals surface area contributed by atoms with Gasteiger partial charge in [-0.1, -0.05) is 12.1 Å². The van der Waals surface area contributed by atoms with Gasteiger partial charge in [-0.25, -0.2) is 4.79 Å². The zero-order valence-electron chi connectivity index (χ0n) is 20.0. The van der Waals surface area contributed by atoms with Gasteiger partial charge in [0.15, 0.2) is 5.76 Å². The summed E-state index contributed by atoms with van der Waals surface area (Å²) in [6, 6.07) is 4.15. The number of anilines is 2. The fourth-order valence-corrected chi connectivity index (χ4v) is 3.82. The Hall–Kier alpha value is -3.11. The van der Waals surface area contributed by atoms with Gasteiger partial charge in [0.1, 0.15) is 23.2 Å². The van der Waals surface area contributed by atoms with Crippen LogP contribution in [0.2, 0.25) is 0 Å². The van der Waals surface area contributed by atoms with Crippen LogP contribution in [0.5, 0.6) is 5.75 Å². The predicted octanol–water partition coefficient (Wildman–Crippen LogP) is 2.72. The third kappa shape index (κ3) is 5.63. The average molecular weight is 460 g/mol. The predicted molar refractivity (Wildman–Crippen MR) is 125 cm³/mol. The smallest absolute Gasteiger partial charge is 0.323 e. The molecule has 10 nitrogen and oxygen atoms in total. The maximum absolute atomic E-state index is 13.4. The number of fused-ring (bicyclic) bond motifs is 1. The van der Waals surface area contributed by atoms with Gasteiger partial charge in [0, 0.05) is 24.7 Å². The normalized spacial score (nSPS) is 19.4. The second-order valence-corrected chi connectivity index (χ2v) is 8.87. The number of urea groups is 1. The number of nitrogens with zero attached hydrogens (tertiary/aromatic N) is 3. The van der Waals surface area contributed by atoms with E-state index in [4.69, 9.17) is 9.26 Å². The molecule has 10 heteroatoms. The van der Waals surface area contributed by atoms with Crippen molar-refractivity contribution in [2.24, 2.45) is 5.92 Å². The Morgan fingerprint density at radius 2 is 2.06 bits per heavy atom. The Bertz CT molecular complexity index is 986. The highest BCUT2D eigenvalue weighted by atomic mass is 16.5. The lowest BCUT2D eigenvalue weighted by Gasteiger charge is -2.37. The van der Waals surface area contributed by atoms with Gasteiger partial charge in [0.2, 0.25) is 0 Å². The third-order valence-electron chi connectivity index (χ3n) is 5.74. The fourth-order valence-electron chi connectivity index (χ4n) is 3.82. The summed E-state index contributed by atoms with van der Waals surface area (Å²) >= 11 is 0. The number of carbonyl (C=O) groups is 2. The van der Waals surface area contributed by atoms with Crippen molar-refractivity contribution in [3.05, 3.63) is 35.2 Å². The van der Waals surface area contributed by atoms with Gasteiger partial charge in [-0.3, -0.25) is 4.79 Å². The Morgan fingerprint density at radius 1 is 1.33 bits per heavy atom. The lowest BCUT2D eigenvalue weighted by molar-refractivity contribution is 0.0363. The molecule has 2 heterocycles. The van der Waals surface area contributed by atoms with E-state index in [0.717, 1.165) is 0 Å². The molecular formula is C23H33N5O5. The van der Waals surface area contributed by atoms with Crippen molar-refractivity contribution in [1.82, 2.24) is 15.0 Å². The molecule has 0 fully saturated rings. The summed E-state index contributed by atoms with van der Waals surface area (Å²) in [5.74, 6) is 0.748. The monoisotopic (exact) mass is 459 g/mol. The first kappa shape index (κ1) is 24.5. The molecule has 1 aromatic heterocycles. The Labute approximate surface area is 193 Å². The number of carbonyl (C=O) groups excluding carboxylic acids is 2. The number of ether oxygens (including phenoxy) is 1. The molecule has 0 saturated heterocycles. The van der Waals surface area contributed by atoms with Gasteiger partial charge in [-0.15, -0.1) is 0 Å². The molecule has 0 spiro atoms. The zero-order chi connectivity index (χ0) is 24.3. The molecule has 0 aliphatic carbocycles. The van der Waals surface area contributed by atoms with Crippen LogP contribution in [-0.4, -0.2) is 77.9 Å². The molecule has 3 rings (SSSR count). The molecule has 3 atom stereocenters. The maximum atomic E-state index is 13.4. The summed E-state index contributed by atoms with van der Waals surface area (Å²) in [5.41, 5.74) is 1.84. The van der Waals surface area contributed by atoms with Gasteiger partial charge in [0.25, 0.3) is 5.91 Å². The number of rotatable bonds is 6. The average Bonchev–Trinajstić information content (AvgIpc) is 3.07. The Morgan fingerprint density at radius 3 is 2.67 bits per heavy atom. The largest absolute Gasteiger partial charge is 0.488 e. The number of aliphatic hydroxyl groups excluding tert-OH is 1. The highest BCUT2D eigenvalue weighted by Crippen LogP contribution is 2.30. The highest BCUT2D eigenvalue weighted by molar-refractivity contribution is 6.03. The fraction of sp³-hybridized carbons (Fsp3) is 0.522. The van der Waals surface area contributed by atoms with Gasteiger partial charge in [-0.05, 0) is 53.1 Å². The molecule has 1 aliphatic rings. The lowest BCUT2D eigenvalue weighted by Crippen LogP contribution is -2.49. The van der Waals surface area contributed by atoms with Crippen LogP contribution < -0.4 is 15.4 Å². The van der Waals surface area contributed by atoms with E-state index in [0.29, 0.717) is 47.2 Å². The molecule has 33 heavy (non-hydrogen) atoms. The summed E-state index contributed by atoms with van der Waals surface area (Å²) < 4.78 is 11.3. The van der Waals surface area contributed by atoms with E-state index in [1.807, 2.05) is 32.8 Å². The molecule has 2 aromatic rings. The minimum absolute atomic E-state index is 0.0529. The molecule has 0 saturated carbocycles. The molecule has 3 amide bonds. The van der Waals surface area contributed by atoms with Crippen LogP contribution in [0.1, 0.15) is 35.7 Å². The first-order chi connectivity index (χ1) is 15.6. The van der Waals surface area contributed by atoms with Crippen molar-refractivity contribution < 1.29 is 24.0 Å². The van der Waals surface area contributed by atoms with Gasteiger partial charge < -0.3 is 34.8 Å². The topological polar surface area (TPSA) is 120 Å². The van der Waals surface area contributed by atoms with Gasteiger partial charge in [-0.2, -0.15) is 0 Å². The van der Waals surface area contributed by atoms with Crippen LogP contribution in [0.3, 0.4) is 0 Å².